The van der Waals surface area contributed by atoms with Gasteiger partial charge in [-0.2, -0.15) is 22.0 Å². The summed E-state index contributed by atoms with van der Waals surface area (Å²) in [6, 6.07) is 9.84. The van der Waals surface area contributed by atoms with Crippen LogP contribution in [-0.2, 0) is 17.4 Å². The predicted octanol–water partition coefficient (Wildman–Crippen LogP) is 4.73. The maximum absolute atomic E-state index is 12.7. The van der Waals surface area contributed by atoms with Crippen LogP contribution < -0.4 is 10.1 Å². The number of ether oxygens (including phenoxy) is 1. The van der Waals surface area contributed by atoms with E-state index in [-0.39, 0.29) is 17.7 Å². The van der Waals surface area contributed by atoms with Crippen molar-refractivity contribution in [3.05, 3.63) is 65.2 Å². The van der Waals surface area contributed by atoms with Gasteiger partial charge in [0.15, 0.2) is 0 Å². The van der Waals surface area contributed by atoms with E-state index in [9.17, 15) is 26.7 Å². The SMILES string of the molecule is CC(NC(=O)Cc1cccc(C(F)(F)F)c1)c1ccc(OC(F)F)cc1. The molecule has 2 aromatic rings. The lowest BCUT2D eigenvalue weighted by molar-refractivity contribution is -0.137. The van der Waals surface area contributed by atoms with E-state index in [1.807, 2.05) is 0 Å². The molecule has 1 amide bonds. The van der Waals surface area contributed by atoms with E-state index in [0.717, 1.165) is 12.1 Å². The first-order valence-electron chi connectivity index (χ1n) is 7.65. The van der Waals surface area contributed by atoms with Gasteiger partial charge >= 0.3 is 12.8 Å². The van der Waals surface area contributed by atoms with Gasteiger partial charge in [-0.1, -0.05) is 30.3 Å². The van der Waals surface area contributed by atoms with Gasteiger partial charge in [-0.15, -0.1) is 0 Å². The van der Waals surface area contributed by atoms with Gasteiger partial charge in [-0.3, -0.25) is 4.79 Å². The summed E-state index contributed by atoms with van der Waals surface area (Å²) in [6.07, 6.45) is -4.68. The van der Waals surface area contributed by atoms with Gasteiger partial charge in [0.1, 0.15) is 5.75 Å². The Hall–Kier alpha value is -2.64. The van der Waals surface area contributed by atoms with Crippen LogP contribution in [0.3, 0.4) is 0 Å². The van der Waals surface area contributed by atoms with Crippen LogP contribution in [0.2, 0.25) is 0 Å². The van der Waals surface area contributed by atoms with Gasteiger partial charge in [0, 0.05) is 0 Å². The van der Waals surface area contributed by atoms with E-state index < -0.39 is 30.3 Å². The molecule has 0 aromatic heterocycles. The zero-order valence-electron chi connectivity index (χ0n) is 13.7. The zero-order valence-corrected chi connectivity index (χ0v) is 13.7. The molecular weight excluding hydrogens is 357 g/mol. The Morgan fingerprint density at radius 2 is 1.77 bits per heavy atom. The lowest BCUT2D eigenvalue weighted by atomic mass is 10.1. The second-order valence-electron chi connectivity index (χ2n) is 5.61. The maximum atomic E-state index is 12.7. The highest BCUT2D eigenvalue weighted by Crippen LogP contribution is 2.29. The first-order chi connectivity index (χ1) is 12.1. The molecule has 1 N–H and O–H groups in total. The zero-order chi connectivity index (χ0) is 19.3. The van der Waals surface area contributed by atoms with Crippen LogP contribution in [0.5, 0.6) is 5.75 Å². The number of carbonyl (C=O) groups is 1. The Morgan fingerprint density at radius 1 is 1.12 bits per heavy atom. The Kier molecular flexibility index (Phi) is 6.18. The molecule has 2 aromatic carbocycles. The molecular formula is C18H16F5NO2. The number of benzene rings is 2. The molecule has 1 atom stereocenters. The van der Waals surface area contributed by atoms with E-state index in [1.54, 1.807) is 6.92 Å². The van der Waals surface area contributed by atoms with E-state index in [1.165, 1.54) is 36.4 Å². The van der Waals surface area contributed by atoms with Crippen LogP contribution in [0.4, 0.5) is 22.0 Å². The third kappa shape index (κ3) is 5.72. The minimum absolute atomic E-state index is 0.00811. The highest BCUT2D eigenvalue weighted by atomic mass is 19.4. The smallest absolute Gasteiger partial charge is 0.416 e. The second-order valence-corrected chi connectivity index (χ2v) is 5.61. The van der Waals surface area contributed by atoms with Gasteiger partial charge < -0.3 is 10.1 Å². The summed E-state index contributed by atoms with van der Waals surface area (Å²) in [5.41, 5.74) is 0.0692. The van der Waals surface area contributed by atoms with Crippen molar-refractivity contribution in [1.82, 2.24) is 5.32 Å². The molecule has 0 fully saturated rings. The summed E-state index contributed by atoms with van der Waals surface area (Å²) >= 11 is 0. The van der Waals surface area contributed by atoms with Crippen molar-refractivity contribution in [1.29, 1.82) is 0 Å². The van der Waals surface area contributed by atoms with E-state index in [4.69, 9.17) is 0 Å². The molecule has 0 heterocycles. The summed E-state index contributed by atoms with van der Waals surface area (Å²) in [7, 11) is 0. The van der Waals surface area contributed by atoms with Crippen molar-refractivity contribution < 1.29 is 31.5 Å². The highest BCUT2D eigenvalue weighted by Gasteiger charge is 2.30. The number of rotatable bonds is 6. The molecule has 26 heavy (non-hydrogen) atoms. The first kappa shape index (κ1) is 19.7. The molecule has 0 saturated carbocycles. The molecule has 0 aliphatic heterocycles. The van der Waals surface area contributed by atoms with Crippen LogP contribution in [-0.4, -0.2) is 12.5 Å². The van der Waals surface area contributed by atoms with Crippen LogP contribution in [0, 0.1) is 0 Å². The molecule has 8 heteroatoms. The summed E-state index contributed by atoms with van der Waals surface area (Å²) in [5.74, 6) is -0.462. The summed E-state index contributed by atoms with van der Waals surface area (Å²) in [4.78, 5) is 12.1. The number of hydrogen-bond acceptors (Lipinski definition) is 2. The first-order valence-corrected chi connectivity index (χ1v) is 7.65. The van der Waals surface area contributed by atoms with Crippen molar-refractivity contribution in [3.63, 3.8) is 0 Å². The number of amides is 1. The molecule has 2 rings (SSSR count). The standard InChI is InChI=1S/C18H16F5NO2/c1-11(13-5-7-15(8-6-13)26-17(19)20)24-16(25)10-12-3-2-4-14(9-12)18(21,22)23/h2-9,11,17H,10H2,1H3,(H,24,25). The van der Waals surface area contributed by atoms with E-state index in [2.05, 4.69) is 10.1 Å². The topological polar surface area (TPSA) is 38.3 Å². The third-order valence-electron chi connectivity index (χ3n) is 3.60. The molecule has 0 spiro atoms. The van der Waals surface area contributed by atoms with Gasteiger partial charge in [0.25, 0.3) is 0 Å². The molecule has 140 valence electrons. The number of hydrogen-bond donors (Lipinski definition) is 1. The largest absolute Gasteiger partial charge is 0.435 e. The highest BCUT2D eigenvalue weighted by molar-refractivity contribution is 5.79. The minimum Gasteiger partial charge on any atom is -0.435 e. The normalized spacial score (nSPS) is 12.7. The molecule has 0 aliphatic carbocycles. The molecule has 0 radical (unpaired) electrons. The third-order valence-corrected chi connectivity index (χ3v) is 3.60. The van der Waals surface area contributed by atoms with Crippen LogP contribution in [0.1, 0.15) is 29.7 Å². The van der Waals surface area contributed by atoms with Crippen molar-refractivity contribution in [2.75, 3.05) is 0 Å². The van der Waals surface area contributed by atoms with Crippen LogP contribution in [0.15, 0.2) is 48.5 Å². The number of alkyl halides is 5. The number of halogens is 5. The fourth-order valence-electron chi connectivity index (χ4n) is 2.36. The number of carbonyl (C=O) groups excluding carboxylic acids is 1. The molecule has 0 aliphatic rings. The fraction of sp³-hybridized carbons (Fsp3) is 0.278. The summed E-state index contributed by atoms with van der Waals surface area (Å²) in [6.45, 7) is -1.25. The predicted molar refractivity (Wildman–Crippen MR) is 84.8 cm³/mol. The van der Waals surface area contributed by atoms with Crippen molar-refractivity contribution in [3.8, 4) is 5.75 Å². The summed E-state index contributed by atoms with van der Waals surface area (Å²) < 4.78 is 66.5. The van der Waals surface area contributed by atoms with Gasteiger partial charge in [0.05, 0.1) is 18.0 Å². The number of nitrogens with one attached hydrogen (secondary N) is 1. The molecule has 1 unspecified atom stereocenters. The van der Waals surface area contributed by atoms with E-state index in [0.29, 0.717) is 5.56 Å². The van der Waals surface area contributed by atoms with Gasteiger partial charge in [-0.25, -0.2) is 0 Å². The van der Waals surface area contributed by atoms with Crippen LogP contribution >= 0.6 is 0 Å². The van der Waals surface area contributed by atoms with Crippen molar-refractivity contribution in [2.24, 2.45) is 0 Å². The summed E-state index contributed by atoms with van der Waals surface area (Å²) in [5, 5.41) is 2.65. The van der Waals surface area contributed by atoms with Crippen molar-refractivity contribution in [2.45, 2.75) is 32.2 Å². The van der Waals surface area contributed by atoms with E-state index >= 15 is 0 Å². The Labute approximate surface area is 146 Å². The van der Waals surface area contributed by atoms with Gasteiger partial charge in [0.2, 0.25) is 5.91 Å². The average Bonchev–Trinajstić information content (AvgIpc) is 2.54. The Morgan fingerprint density at radius 3 is 2.35 bits per heavy atom. The maximum Gasteiger partial charge on any atom is 0.416 e. The Bertz CT molecular complexity index is 744. The molecule has 3 nitrogen and oxygen atoms in total. The Balaban J connectivity index is 1.97. The fourth-order valence-corrected chi connectivity index (χ4v) is 2.36. The molecule has 0 bridgehead atoms. The lowest BCUT2D eigenvalue weighted by Crippen LogP contribution is -2.28. The quantitative estimate of drug-likeness (QED) is 0.744. The molecule has 0 saturated heterocycles. The van der Waals surface area contributed by atoms with Crippen molar-refractivity contribution >= 4 is 5.91 Å². The minimum atomic E-state index is -4.47. The average molecular weight is 373 g/mol. The van der Waals surface area contributed by atoms with Crippen LogP contribution in [0.25, 0.3) is 0 Å². The second kappa shape index (κ2) is 8.16. The lowest BCUT2D eigenvalue weighted by Gasteiger charge is -2.15. The van der Waals surface area contributed by atoms with Gasteiger partial charge in [-0.05, 0) is 36.2 Å². The monoisotopic (exact) mass is 373 g/mol.